The molecule has 1 saturated heterocycles. The van der Waals surface area contributed by atoms with Gasteiger partial charge in [0.2, 0.25) is 5.95 Å². The second-order valence-electron chi connectivity index (χ2n) is 6.87. The van der Waals surface area contributed by atoms with E-state index in [9.17, 15) is 5.11 Å². The van der Waals surface area contributed by atoms with E-state index in [-0.39, 0.29) is 6.61 Å². The van der Waals surface area contributed by atoms with E-state index in [0.29, 0.717) is 18.0 Å². The van der Waals surface area contributed by atoms with Gasteiger partial charge in [0.05, 0.1) is 0 Å². The molecule has 0 radical (unpaired) electrons. The number of piperazine rings is 1. The van der Waals surface area contributed by atoms with Gasteiger partial charge in [-0.1, -0.05) is 19.3 Å². The topological polar surface area (TPSA) is 78.5 Å². The van der Waals surface area contributed by atoms with Gasteiger partial charge in [0.15, 0.2) is 0 Å². The van der Waals surface area contributed by atoms with Gasteiger partial charge >= 0.3 is 0 Å². The number of rotatable bonds is 4. The number of aromatic nitrogens is 2. The summed E-state index contributed by atoms with van der Waals surface area (Å²) in [6.07, 6.45) is 7.51. The normalized spacial score (nSPS) is 24.1. The fourth-order valence-electron chi connectivity index (χ4n) is 4.11. The number of nitrogens with two attached hydrogens (primary N) is 1. The molecule has 0 bridgehead atoms. The molecule has 3 N–H and O–H groups in total. The molecule has 2 fully saturated rings. The van der Waals surface area contributed by atoms with Crippen molar-refractivity contribution < 1.29 is 5.11 Å². The summed E-state index contributed by atoms with van der Waals surface area (Å²) in [6, 6.07) is 3.09. The van der Waals surface area contributed by atoms with Crippen LogP contribution in [0.4, 0.5) is 11.8 Å². The first-order chi connectivity index (χ1) is 11.2. The largest absolute Gasteiger partial charge is 0.396 e. The molecule has 0 aromatic carbocycles. The minimum atomic E-state index is 0.243. The van der Waals surface area contributed by atoms with Gasteiger partial charge in [-0.2, -0.15) is 4.98 Å². The van der Waals surface area contributed by atoms with Crippen molar-refractivity contribution in [1.29, 1.82) is 0 Å². The van der Waals surface area contributed by atoms with Gasteiger partial charge in [-0.3, -0.25) is 4.90 Å². The van der Waals surface area contributed by atoms with Gasteiger partial charge in [-0.15, -0.1) is 0 Å². The van der Waals surface area contributed by atoms with Crippen LogP contribution >= 0.6 is 0 Å². The van der Waals surface area contributed by atoms with Crippen molar-refractivity contribution in [3.8, 4) is 0 Å². The Morgan fingerprint density at radius 1 is 1.22 bits per heavy atom. The molecule has 6 nitrogen and oxygen atoms in total. The zero-order valence-electron chi connectivity index (χ0n) is 14.1. The maximum atomic E-state index is 9.49. The molecule has 23 heavy (non-hydrogen) atoms. The van der Waals surface area contributed by atoms with Gasteiger partial charge in [0, 0.05) is 50.1 Å². The van der Waals surface area contributed by atoms with E-state index in [4.69, 9.17) is 5.73 Å². The molecule has 0 amide bonds. The molecule has 2 heterocycles. The van der Waals surface area contributed by atoms with Crippen LogP contribution in [-0.2, 0) is 0 Å². The SMILES string of the molecule is Cc1cc(N2CCN(C3CCCCC3)C(CCO)C2)nc(N)n1. The average Bonchev–Trinajstić information content (AvgIpc) is 2.55. The van der Waals surface area contributed by atoms with E-state index in [1.807, 2.05) is 13.0 Å². The summed E-state index contributed by atoms with van der Waals surface area (Å²) in [5, 5.41) is 9.49. The summed E-state index contributed by atoms with van der Waals surface area (Å²) in [7, 11) is 0. The Morgan fingerprint density at radius 3 is 2.70 bits per heavy atom. The molecular weight excluding hydrogens is 290 g/mol. The summed E-state index contributed by atoms with van der Waals surface area (Å²) < 4.78 is 0. The number of nitrogens with zero attached hydrogens (tertiary/aromatic N) is 4. The molecule has 0 spiro atoms. The Labute approximate surface area is 138 Å². The van der Waals surface area contributed by atoms with Crippen LogP contribution in [0.1, 0.15) is 44.2 Å². The number of hydrogen-bond acceptors (Lipinski definition) is 6. The highest BCUT2D eigenvalue weighted by Gasteiger charge is 2.32. The van der Waals surface area contributed by atoms with Crippen LogP contribution in [0.15, 0.2) is 6.07 Å². The van der Waals surface area contributed by atoms with E-state index in [1.54, 1.807) is 0 Å². The van der Waals surface area contributed by atoms with Crippen molar-refractivity contribution in [3.05, 3.63) is 11.8 Å². The van der Waals surface area contributed by atoms with Gasteiger partial charge in [0.25, 0.3) is 0 Å². The quantitative estimate of drug-likeness (QED) is 0.877. The Kier molecular flexibility index (Phi) is 5.33. The third kappa shape index (κ3) is 3.93. The first kappa shape index (κ1) is 16.5. The number of nitrogen functional groups attached to an aromatic ring is 1. The number of aryl methyl sites for hydroxylation is 1. The summed E-state index contributed by atoms with van der Waals surface area (Å²) >= 11 is 0. The smallest absolute Gasteiger partial charge is 0.222 e. The lowest BCUT2D eigenvalue weighted by Crippen LogP contribution is -2.57. The molecule has 6 heteroatoms. The molecule has 3 rings (SSSR count). The Balaban J connectivity index is 1.72. The summed E-state index contributed by atoms with van der Waals surface area (Å²) in [5.74, 6) is 1.26. The molecule has 1 aromatic rings. The van der Waals surface area contributed by atoms with Crippen molar-refractivity contribution in [1.82, 2.24) is 14.9 Å². The predicted molar refractivity (Wildman–Crippen MR) is 92.5 cm³/mol. The third-order valence-electron chi connectivity index (χ3n) is 5.22. The van der Waals surface area contributed by atoms with Crippen LogP contribution in [-0.4, -0.2) is 58.3 Å². The predicted octanol–water partition coefficient (Wildman–Crippen LogP) is 1.57. The lowest BCUT2D eigenvalue weighted by atomic mass is 9.92. The minimum Gasteiger partial charge on any atom is -0.396 e. The fourth-order valence-corrected chi connectivity index (χ4v) is 4.11. The number of aliphatic hydroxyl groups is 1. The van der Waals surface area contributed by atoms with Gasteiger partial charge < -0.3 is 15.7 Å². The standard InChI is InChI=1S/C17H29N5O/c1-13-11-16(20-17(18)19-13)21-8-9-22(15(12-21)7-10-23)14-5-3-2-4-6-14/h11,14-15,23H,2-10,12H2,1H3,(H2,18,19,20). The molecule has 1 aliphatic carbocycles. The molecule has 1 saturated carbocycles. The van der Waals surface area contributed by atoms with Gasteiger partial charge in [-0.05, 0) is 26.2 Å². The van der Waals surface area contributed by atoms with Crippen molar-refractivity contribution in [2.24, 2.45) is 0 Å². The van der Waals surface area contributed by atoms with E-state index < -0.39 is 0 Å². The zero-order valence-corrected chi connectivity index (χ0v) is 14.1. The molecule has 1 unspecified atom stereocenters. The Bertz CT molecular complexity index is 497. The molecule has 1 aliphatic heterocycles. The third-order valence-corrected chi connectivity index (χ3v) is 5.22. The van der Waals surface area contributed by atoms with Gasteiger partial charge in [0.1, 0.15) is 5.82 Å². The lowest BCUT2D eigenvalue weighted by Gasteiger charge is -2.46. The average molecular weight is 319 g/mol. The molecule has 2 aliphatic rings. The summed E-state index contributed by atoms with van der Waals surface area (Å²) in [5.41, 5.74) is 6.71. The number of anilines is 2. The highest BCUT2D eigenvalue weighted by molar-refractivity contribution is 5.44. The van der Waals surface area contributed by atoms with Crippen molar-refractivity contribution in [2.75, 3.05) is 36.9 Å². The Hall–Kier alpha value is -1.40. The van der Waals surface area contributed by atoms with E-state index in [2.05, 4.69) is 19.8 Å². The maximum Gasteiger partial charge on any atom is 0.222 e. The number of hydrogen-bond donors (Lipinski definition) is 2. The van der Waals surface area contributed by atoms with Gasteiger partial charge in [-0.25, -0.2) is 4.98 Å². The highest BCUT2D eigenvalue weighted by atomic mass is 16.3. The van der Waals surface area contributed by atoms with E-state index >= 15 is 0 Å². The summed E-state index contributed by atoms with van der Waals surface area (Å²) in [4.78, 5) is 13.5. The molecule has 1 aromatic heterocycles. The maximum absolute atomic E-state index is 9.49. The number of aliphatic hydroxyl groups excluding tert-OH is 1. The minimum absolute atomic E-state index is 0.243. The molecule has 128 valence electrons. The van der Waals surface area contributed by atoms with Crippen LogP contribution in [0.2, 0.25) is 0 Å². The first-order valence-corrected chi connectivity index (χ1v) is 8.90. The monoisotopic (exact) mass is 319 g/mol. The summed E-state index contributed by atoms with van der Waals surface area (Å²) in [6.45, 7) is 5.11. The molecular formula is C17H29N5O. The van der Waals surface area contributed by atoms with Crippen LogP contribution in [0.5, 0.6) is 0 Å². The molecule has 1 atom stereocenters. The van der Waals surface area contributed by atoms with Crippen molar-refractivity contribution in [2.45, 2.75) is 57.5 Å². The second-order valence-corrected chi connectivity index (χ2v) is 6.87. The van der Waals surface area contributed by atoms with Crippen molar-refractivity contribution >= 4 is 11.8 Å². The van der Waals surface area contributed by atoms with Crippen molar-refractivity contribution in [3.63, 3.8) is 0 Å². The van der Waals surface area contributed by atoms with Crippen LogP contribution in [0, 0.1) is 6.92 Å². The highest BCUT2D eigenvalue weighted by Crippen LogP contribution is 2.28. The van der Waals surface area contributed by atoms with E-state index in [0.717, 1.165) is 37.6 Å². The van der Waals surface area contributed by atoms with Crippen LogP contribution in [0.25, 0.3) is 0 Å². The second kappa shape index (κ2) is 7.45. The fraction of sp³-hybridized carbons (Fsp3) is 0.765. The lowest BCUT2D eigenvalue weighted by molar-refractivity contribution is 0.0756. The zero-order chi connectivity index (χ0) is 16.2. The van der Waals surface area contributed by atoms with Crippen LogP contribution in [0.3, 0.4) is 0 Å². The van der Waals surface area contributed by atoms with Crippen LogP contribution < -0.4 is 10.6 Å². The Morgan fingerprint density at radius 2 is 2.00 bits per heavy atom. The van der Waals surface area contributed by atoms with E-state index in [1.165, 1.54) is 32.1 Å². The first-order valence-electron chi connectivity index (χ1n) is 8.90.